The summed E-state index contributed by atoms with van der Waals surface area (Å²) in [5.74, 6) is -0.509. The van der Waals surface area contributed by atoms with Gasteiger partial charge in [-0.05, 0) is 40.2 Å². The maximum absolute atomic E-state index is 13.8. The second-order valence-electron chi connectivity index (χ2n) is 3.08. The van der Waals surface area contributed by atoms with Crippen LogP contribution in [0.4, 0.5) is 4.39 Å². The van der Waals surface area contributed by atoms with Crippen LogP contribution >= 0.6 is 39.1 Å². The topological polar surface area (TPSA) is 12.9 Å². The SMILES string of the molecule is Fc1c(-c2cc(Cl)ccn2)ccc(Br)c1Cl. The van der Waals surface area contributed by atoms with Crippen molar-refractivity contribution in [1.29, 1.82) is 0 Å². The molecule has 0 bridgehead atoms. The summed E-state index contributed by atoms with van der Waals surface area (Å²) in [4.78, 5) is 4.04. The van der Waals surface area contributed by atoms with E-state index in [9.17, 15) is 4.39 Å². The summed E-state index contributed by atoms with van der Waals surface area (Å²) in [7, 11) is 0. The molecule has 0 saturated heterocycles. The lowest BCUT2D eigenvalue weighted by atomic mass is 10.1. The third-order valence-corrected chi connectivity index (χ3v) is 3.53. The molecule has 1 aromatic heterocycles. The molecule has 0 saturated carbocycles. The third-order valence-electron chi connectivity index (χ3n) is 2.03. The smallest absolute Gasteiger partial charge is 0.152 e. The summed E-state index contributed by atoms with van der Waals surface area (Å²) >= 11 is 14.8. The molecule has 5 heteroatoms. The van der Waals surface area contributed by atoms with Crippen LogP contribution in [0.25, 0.3) is 11.3 Å². The average Bonchev–Trinajstić information content (AvgIpc) is 2.26. The minimum atomic E-state index is -0.509. The van der Waals surface area contributed by atoms with Crippen LogP contribution in [0.2, 0.25) is 10.0 Å². The van der Waals surface area contributed by atoms with Crippen molar-refractivity contribution in [2.45, 2.75) is 0 Å². The maximum Gasteiger partial charge on any atom is 0.152 e. The molecule has 0 atom stereocenters. The van der Waals surface area contributed by atoms with Gasteiger partial charge in [0.1, 0.15) is 0 Å². The Hall–Kier alpha value is -0.640. The van der Waals surface area contributed by atoms with E-state index in [1.807, 2.05) is 0 Å². The first kappa shape index (κ1) is 11.8. The van der Waals surface area contributed by atoms with Crippen molar-refractivity contribution in [3.05, 3.63) is 50.8 Å². The fourth-order valence-corrected chi connectivity index (χ4v) is 1.91. The number of pyridine rings is 1. The second kappa shape index (κ2) is 4.70. The molecule has 2 aromatic rings. The molecule has 0 spiro atoms. The summed E-state index contributed by atoms with van der Waals surface area (Å²) in [5, 5.41) is 0.544. The highest BCUT2D eigenvalue weighted by Crippen LogP contribution is 2.32. The average molecular weight is 321 g/mol. The van der Waals surface area contributed by atoms with E-state index < -0.39 is 5.82 Å². The summed E-state index contributed by atoms with van der Waals surface area (Å²) in [6.45, 7) is 0. The van der Waals surface area contributed by atoms with Gasteiger partial charge in [-0.3, -0.25) is 4.98 Å². The van der Waals surface area contributed by atoms with E-state index in [0.717, 1.165) is 0 Å². The number of aromatic nitrogens is 1. The van der Waals surface area contributed by atoms with E-state index in [1.54, 1.807) is 24.3 Å². The zero-order valence-corrected chi connectivity index (χ0v) is 10.9. The Bertz CT molecular complexity index is 546. The van der Waals surface area contributed by atoms with Gasteiger partial charge in [-0.1, -0.05) is 23.2 Å². The Balaban J connectivity index is 2.61. The Labute approximate surface area is 110 Å². The van der Waals surface area contributed by atoms with Gasteiger partial charge in [-0.25, -0.2) is 4.39 Å². The van der Waals surface area contributed by atoms with Crippen LogP contribution in [0.5, 0.6) is 0 Å². The predicted octanol–water partition coefficient (Wildman–Crippen LogP) is 4.96. The van der Waals surface area contributed by atoms with Crippen LogP contribution in [0.15, 0.2) is 34.9 Å². The van der Waals surface area contributed by atoms with Gasteiger partial charge in [0.05, 0.1) is 10.7 Å². The monoisotopic (exact) mass is 319 g/mol. The first-order valence-corrected chi connectivity index (χ1v) is 5.90. The molecule has 1 aromatic carbocycles. The molecular formula is C11H5BrCl2FN. The summed E-state index contributed by atoms with van der Waals surface area (Å²) in [6.07, 6.45) is 1.52. The molecule has 1 heterocycles. The summed E-state index contributed by atoms with van der Waals surface area (Å²) in [6, 6.07) is 6.49. The Kier molecular flexibility index (Phi) is 3.47. The van der Waals surface area contributed by atoms with Crippen molar-refractivity contribution in [3.8, 4) is 11.3 Å². The van der Waals surface area contributed by atoms with Gasteiger partial charge in [-0.15, -0.1) is 0 Å². The van der Waals surface area contributed by atoms with Crippen molar-refractivity contribution >= 4 is 39.1 Å². The van der Waals surface area contributed by atoms with E-state index in [4.69, 9.17) is 23.2 Å². The first-order chi connectivity index (χ1) is 7.59. The van der Waals surface area contributed by atoms with Gasteiger partial charge in [0.25, 0.3) is 0 Å². The van der Waals surface area contributed by atoms with Gasteiger partial charge >= 0.3 is 0 Å². The Morgan fingerprint density at radius 2 is 1.94 bits per heavy atom. The minimum absolute atomic E-state index is 0.0410. The van der Waals surface area contributed by atoms with Crippen molar-refractivity contribution in [1.82, 2.24) is 4.98 Å². The Morgan fingerprint density at radius 3 is 2.62 bits per heavy atom. The van der Waals surface area contributed by atoms with E-state index in [0.29, 0.717) is 20.8 Å². The molecule has 0 unspecified atom stereocenters. The van der Waals surface area contributed by atoms with Gasteiger partial charge in [0.2, 0.25) is 0 Å². The molecule has 0 amide bonds. The van der Waals surface area contributed by atoms with Gasteiger partial charge in [0, 0.05) is 21.3 Å². The number of rotatable bonds is 1. The zero-order chi connectivity index (χ0) is 11.7. The fourth-order valence-electron chi connectivity index (χ4n) is 1.28. The molecule has 1 nitrogen and oxygen atoms in total. The van der Waals surface area contributed by atoms with Crippen molar-refractivity contribution in [3.63, 3.8) is 0 Å². The molecule has 0 N–H and O–H groups in total. The van der Waals surface area contributed by atoms with Crippen LogP contribution in [-0.2, 0) is 0 Å². The minimum Gasteiger partial charge on any atom is -0.256 e. The highest BCUT2D eigenvalue weighted by molar-refractivity contribution is 9.10. The number of hydrogen-bond acceptors (Lipinski definition) is 1. The number of nitrogens with zero attached hydrogens (tertiary/aromatic N) is 1. The highest BCUT2D eigenvalue weighted by Gasteiger charge is 2.12. The first-order valence-electron chi connectivity index (χ1n) is 4.35. The standard InChI is InChI=1S/C11H5BrCl2FN/c12-8-2-1-7(11(15)10(8)14)9-5-6(13)3-4-16-9/h1-5H. The normalized spacial score (nSPS) is 10.5. The second-order valence-corrected chi connectivity index (χ2v) is 4.75. The van der Waals surface area contributed by atoms with E-state index in [-0.39, 0.29) is 5.02 Å². The number of hydrogen-bond donors (Lipinski definition) is 0. The molecule has 0 aliphatic rings. The summed E-state index contributed by atoms with van der Waals surface area (Å²) < 4.78 is 14.3. The molecule has 82 valence electrons. The van der Waals surface area contributed by atoms with Crippen LogP contribution in [0, 0.1) is 5.82 Å². The lowest BCUT2D eigenvalue weighted by Gasteiger charge is -2.05. The lowest BCUT2D eigenvalue weighted by Crippen LogP contribution is -1.89. The van der Waals surface area contributed by atoms with Crippen molar-refractivity contribution in [2.75, 3.05) is 0 Å². The molecule has 2 rings (SSSR count). The zero-order valence-electron chi connectivity index (χ0n) is 7.85. The van der Waals surface area contributed by atoms with E-state index in [2.05, 4.69) is 20.9 Å². The van der Waals surface area contributed by atoms with Crippen molar-refractivity contribution in [2.24, 2.45) is 0 Å². The fraction of sp³-hybridized carbons (Fsp3) is 0. The van der Waals surface area contributed by atoms with Gasteiger partial charge < -0.3 is 0 Å². The van der Waals surface area contributed by atoms with Gasteiger partial charge in [-0.2, -0.15) is 0 Å². The van der Waals surface area contributed by atoms with Crippen LogP contribution in [-0.4, -0.2) is 4.98 Å². The third kappa shape index (κ3) is 2.21. The van der Waals surface area contributed by atoms with E-state index >= 15 is 0 Å². The Morgan fingerprint density at radius 1 is 1.19 bits per heavy atom. The largest absolute Gasteiger partial charge is 0.256 e. The number of benzene rings is 1. The molecule has 0 radical (unpaired) electrons. The van der Waals surface area contributed by atoms with Crippen LogP contribution < -0.4 is 0 Å². The molecule has 0 aliphatic heterocycles. The predicted molar refractivity (Wildman–Crippen MR) is 67.4 cm³/mol. The molecule has 0 aliphatic carbocycles. The lowest BCUT2D eigenvalue weighted by molar-refractivity contribution is 0.630. The van der Waals surface area contributed by atoms with Crippen molar-refractivity contribution < 1.29 is 4.39 Å². The number of halogens is 4. The molecular weight excluding hydrogens is 316 g/mol. The van der Waals surface area contributed by atoms with E-state index in [1.165, 1.54) is 6.20 Å². The quantitative estimate of drug-likeness (QED) is 0.677. The molecule has 0 fully saturated rings. The highest BCUT2D eigenvalue weighted by atomic mass is 79.9. The van der Waals surface area contributed by atoms with Crippen LogP contribution in [0.3, 0.4) is 0 Å². The van der Waals surface area contributed by atoms with Gasteiger partial charge in [0.15, 0.2) is 5.82 Å². The molecule has 16 heavy (non-hydrogen) atoms. The summed E-state index contributed by atoms with van der Waals surface area (Å²) in [5.41, 5.74) is 0.787. The maximum atomic E-state index is 13.8. The van der Waals surface area contributed by atoms with Crippen LogP contribution in [0.1, 0.15) is 0 Å².